The molecule has 4 aromatic carbocycles. The zero-order valence-electron chi connectivity index (χ0n) is 24.5. The van der Waals surface area contributed by atoms with Crippen molar-refractivity contribution in [3.8, 4) is 0 Å². The van der Waals surface area contributed by atoms with Gasteiger partial charge in [0.1, 0.15) is 12.1 Å². The SMILES string of the molecule is Cc1ccc(C)cc1.O.O.O=C(N[C@@H](Cc1ccccc1)C(=O)O)c1ccc(C(=O)N[C@@H](Cc2ccccc2)C(=O)O)cc1. The second-order valence-electron chi connectivity index (χ2n) is 9.84. The van der Waals surface area contributed by atoms with E-state index in [9.17, 15) is 29.4 Å². The summed E-state index contributed by atoms with van der Waals surface area (Å²) in [7, 11) is 0. The molecule has 0 aliphatic heterocycles. The number of aliphatic carboxylic acids is 2. The van der Waals surface area contributed by atoms with Crippen LogP contribution in [0.15, 0.2) is 109 Å². The molecule has 0 heterocycles. The van der Waals surface area contributed by atoms with Gasteiger partial charge in [0.05, 0.1) is 0 Å². The van der Waals surface area contributed by atoms with Gasteiger partial charge in [0, 0.05) is 24.0 Å². The van der Waals surface area contributed by atoms with Gasteiger partial charge in [-0.3, -0.25) is 9.59 Å². The average molecular weight is 603 g/mol. The fourth-order valence-corrected chi connectivity index (χ4v) is 3.99. The van der Waals surface area contributed by atoms with Gasteiger partial charge in [0.25, 0.3) is 11.8 Å². The van der Waals surface area contributed by atoms with E-state index in [0.29, 0.717) is 0 Å². The topological polar surface area (TPSA) is 196 Å². The molecule has 0 fully saturated rings. The van der Waals surface area contributed by atoms with Crippen LogP contribution in [0.3, 0.4) is 0 Å². The first-order valence-corrected chi connectivity index (χ1v) is 13.4. The Morgan fingerprint density at radius 2 is 0.818 bits per heavy atom. The number of carbonyl (C=O) groups is 4. The van der Waals surface area contributed by atoms with E-state index in [1.807, 2.05) is 12.1 Å². The molecule has 0 aliphatic rings. The van der Waals surface area contributed by atoms with Crippen LogP contribution in [0.2, 0.25) is 0 Å². The largest absolute Gasteiger partial charge is 0.480 e. The van der Waals surface area contributed by atoms with E-state index in [1.165, 1.54) is 35.4 Å². The third kappa shape index (κ3) is 11.9. The van der Waals surface area contributed by atoms with E-state index in [-0.39, 0.29) is 34.9 Å². The summed E-state index contributed by atoms with van der Waals surface area (Å²) in [6, 6.07) is 29.7. The molecule has 44 heavy (non-hydrogen) atoms. The van der Waals surface area contributed by atoms with Crippen molar-refractivity contribution >= 4 is 23.8 Å². The first-order chi connectivity index (χ1) is 20.1. The molecule has 0 radical (unpaired) electrons. The number of hydrogen-bond acceptors (Lipinski definition) is 4. The minimum atomic E-state index is -1.16. The lowest BCUT2D eigenvalue weighted by Gasteiger charge is -2.16. The Labute approximate surface area is 256 Å². The van der Waals surface area contributed by atoms with E-state index in [2.05, 4.69) is 48.7 Å². The number of nitrogens with one attached hydrogen (secondary N) is 2. The van der Waals surface area contributed by atoms with Gasteiger partial charge in [-0.2, -0.15) is 0 Å². The lowest BCUT2D eigenvalue weighted by molar-refractivity contribution is -0.140. The van der Waals surface area contributed by atoms with Gasteiger partial charge < -0.3 is 31.8 Å². The molecule has 2 atom stereocenters. The molecule has 0 aromatic heterocycles. The summed E-state index contributed by atoms with van der Waals surface area (Å²) in [4.78, 5) is 48.3. The normalized spacial score (nSPS) is 11.1. The van der Waals surface area contributed by atoms with Crippen LogP contribution in [-0.4, -0.2) is 57.0 Å². The van der Waals surface area contributed by atoms with Crippen LogP contribution in [0.5, 0.6) is 0 Å². The highest BCUT2D eigenvalue weighted by molar-refractivity contribution is 6.00. The highest BCUT2D eigenvalue weighted by atomic mass is 16.4. The van der Waals surface area contributed by atoms with Crippen LogP contribution in [0.1, 0.15) is 43.0 Å². The zero-order valence-corrected chi connectivity index (χ0v) is 24.5. The number of rotatable bonds is 10. The molecule has 8 N–H and O–H groups in total. The maximum absolute atomic E-state index is 12.5. The average Bonchev–Trinajstić information content (AvgIpc) is 2.99. The molecule has 0 unspecified atom stereocenters. The number of amides is 2. The smallest absolute Gasteiger partial charge is 0.326 e. The minimum absolute atomic E-state index is 0. The van der Waals surface area contributed by atoms with Crippen molar-refractivity contribution in [2.75, 3.05) is 0 Å². The van der Waals surface area contributed by atoms with Crippen LogP contribution < -0.4 is 10.6 Å². The Morgan fingerprint density at radius 3 is 1.09 bits per heavy atom. The van der Waals surface area contributed by atoms with E-state index in [4.69, 9.17) is 0 Å². The van der Waals surface area contributed by atoms with Crippen molar-refractivity contribution in [1.29, 1.82) is 0 Å². The molecule has 4 aromatic rings. The Morgan fingerprint density at radius 1 is 0.523 bits per heavy atom. The first kappa shape index (κ1) is 36.7. The Balaban J connectivity index is 0.000000841. The van der Waals surface area contributed by atoms with Crippen LogP contribution in [-0.2, 0) is 22.4 Å². The molecule has 0 bridgehead atoms. The van der Waals surface area contributed by atoms with Gasteiger partial charge in [-0.15, -0.1) is 0 Å². The Bertz CT molecular complexity index is 1360. The standard InChI is InChI=1S/C26H24N2O6.C8H10.2H2O/c29-23(27-21(25(31)32)15-17-7-3-1-4-8-17)19-11-13-20(14-12-19)24(30)28-22(26(33)34)16-18-9-5-2-6-10-18;1-7-3-5-8(2)6-4-7;;/h1-14,21-22H,15-16H2,(H,27,29)(H,28,30)(H,31,32)(H,33,34);3-6H,1-2H3;2*1H2/t21-,22-;;;/m0.../s1. The lowest BCUT2D eigenvalue weighted by Crippen LogP contribution is -2.42. The highest BCUT2D eigenvalue weighted by Crippen LogP contribution is 2.09. The third-order valence-corrected chi connectivity index (χ3v) is 6.40. The summed E-state index contributed by atoms with van der Waals surface area (Å²) in [6.45, 7) is 4.19. The molecule has 2 amide bonds. The molecule has 4 rings (SSSR count). The summed E-state index contributed by atoms with van der Waals surface area (Å²) in [5.74, 6) is -3.51. The van der Waals surface area contributed by atoms with Crippen LogP contribution in [0.25, 0.3) is 0 Å². The van der Waals surface area contributed by atoms with Crippen molar-refractivity contribution in [1.82, 2.24) is 10.6 Å². The fraction of sp³-hybridized carbons (Fsp3) is 0.176. The highest BCUT2D eigenvalue weighted by Gasteiger charge is 2.23. The number of carbonyl (C=O) groups excluding carboxylic acids is 2. The summed E-state index contributed by atoms with van der Waals surface area (Å²) in [6.07, 6.45) is 0.251. The first-order valence-electron chi connectivity index (χ1n) is 13.4. The molecule has 10 heteroatoms. The quantitative estimate of drug-likeness (QED) is 0.215. The lowest BCUT2D eigenvalue weighted by atomic mass is 10.0. The molecular formula is C34H38N2O8. The molecule has 0 spiro atoms. The maximum Gasteiger partial charge on any atom is 0.326 e. The van der Waals surface area contributed by atoms with Gasteiger partial charge in [0.2, 0.25) is 0 Å². The van der Waals surface area contributed by atoms with Crippen molar-refractivity contribution in [3.05, 3.63) is 143 Å². The van der Waals surface area contributed by atoms with Crippen molar-refractivity contribution < 1.29 is 40.3 Å². The number of carboxylic acid groups (broad SMARTS) is 2. The van der Waals surface area contributed by atoms with Crippen LogP contribution >= 0.6 is 0 Å². The summed E-state index contributed by atoms with van der Waals surface area (Å²) in [5, 5.41) is 23.9. The second kappa shape index (κ2) is 18.3. The minimum Gasteiger partial charge on any atom is -0.480 e. The van der Waals surface area contributed by atoms with Gasteiger partial charge in [-0.1, -0.05) is 96.1 Å². The molecule has 0 saturated carbocycles. The molecule has 10 nitrogen and oxygen atoms in total. The second-order valence-corrected chi connectivity index (χ2v) is 9.84. The van der Waals surface area contributed by atoms with E-state index in [0.717, 1.165) is 11.1 Å². The molecule has 0 saturated heterocycles. The van der Waals surface area contributed by atoms with Gasteiger partial charge in [-0.05, 0) is 49.2 Å². The van der Waals surface area contributed by atoms with E-state index >= 15 is 0 Å². The van der Waals surface area contributed by atoms with Gasteiger partial charge in [-0.25, -0.2) is 9.59 Å². The van der Waals surface area contributed by atoms with E-state index < -0.39 is 35.8 Å². The molecule has 0 aliphatic carbocycles. The van der Waals surface area contributed by atoms with Crippen molar-refractivity contribution in [3.63, 3.8) is 0 Å². The number of hydrogen-bond donors (Lipinski definition) is 4. The van der Waals surface area contributed by atoms with Gasteiger partial charge in [0.15, 0.2) is 0 Å². The Hall–Kier alpha value is -5.32. The molecule has 232 valence electrons. The number of aryl methyl sites for hydroxylation is 2. The molecular weight excluding hydrogens is 564 g/mol. The predicted octanol–water partition coefficient (Wildman–Crippen LogP) is 3.19. The predicted molar refractivity (Wildman–Crippen MR) is 168 cm³/mol. The van der Waals surface area contributed by atoms with Crippen LogP contribution in [0.4, 0.5) is 0 Å². The summed E-state index contributed by atoms with van der Waals surface area (Å²) >= 11 is 0. The number of carboxylic acids is 2. The summed E-state index contributed by atoms with van der Waals surface area (Å²) < 4.78 is 0. The Kier molecular flexibility index (Phi) is 15.2. The van der Waals surface area contributed by atoms with E-state index in [1.54, 1.807) is 48.5 Å². The van der Waals surface area contributed by atoms with Gasteiger partial charge >= 0.3 is 11.9 Å². The zero-order chi connectivity index (χ0) is 30.5. The fourth-order valence-electron chi connectivity index (χ4n) is 3.99. The monoisotopic (exact) mass is 602 g/mol. The van der Waals surface area contributed by atoms with Crippen molar-refractivity contribution in [2.45, 2.75) is 38.8 Å². The van der Waals surface area contributed by atoms with Crippen molar-refractivity contribution in [2.24, 2.45) is 0 Å². The maximum atomic E-state index is 12.5. The number of benzene rings is 4. The summed E-state index contributed by atoms with van der Waals surface area (Å²) in [5.41, 5.74) is 4.55. The van der Waals surface area contributed by atoms with Crippen LogP contribution in [0, 0.1) is 13.8 Å². The third-order valence-electron chi connectivity index (χ3n) is 6.40.